The van der Waals surface area contributed by atoms with Crippen LogP contribution in [0.2, 0.25) is 0 Å². The van der Waals surface area contributed by atoms with E-state index in [0.717, 1.165) is 0 Å². The van der Waals surface area contributed by atoms with Crippen LogP contribution in [0.3, 0.4) is 0 Å². The van der Waals surface area contributed by atoms with Crippen LogP contribution in [0, 0.1) is 0 Å². The number of hydrogen-bond donors (Lipinski definition) is 2. The van der Waals surface area contributed by atoms with Gasteiger partial charge in [0.1, 0.15) is 0 Å². The van der Waals surface area contributed by atoms with Gasteiger partial charge in [-0.2, -0.15) is 0 Å². The normalized spacial score (nSPS) is 21.2. The topological polar surface area (TPSA) is 57.5 Å². The van der Waals surface area contributed by atoms with Gasteiger partial charge in [0.05, 0.1) is 0 Å². The quantitative estimate of drug-likeness (QED) is 0.725. The first-order valence-electron chi connectivity index (χ1n) is 3.96. The molecule has 0 aromatic heterocycles. The molecule has 0 radical (unpaired) electrons. The highest BCUT2D eigenvalue weighted by Crippen LogP contribution is 2.32. The van der Waals surface area contributed by atoms with Crippen LogP contribution in [0.1, 0.15) is 33.6 Å². The molecule has 4 heteroatoms. The summed E-state index contributed by atoms with van der Waals surface area (Å²) in [6, 6.07) is 0. The third-order valence-electron chi connectivity index (χ3n) is 2.05. The molecule has 0 amide bonds. The van der Waals surface area contributed by atoms with E-state index in [-0.39, 0.29) is 18.6 Å². The van der Waals surface area contributed by atoms with Gasteiger partial charge in [0.15, 0.2) is 15.9 Å². The molecular formula is C8H15BrO3. The second kappa shape index (κ2) is 3.85. The smallest absolute Gasteiger partial charge is 0.167 e. The van der Waals surface area contributed by atoms with Crippen molar-refractivity contribution in [3.8, 4) is 0 Å². The molecule has 0 rings (SSSR count). The predicted octanol–water partition coefficient (Wildman–Crippen LogP) is 1.21. The van der Waals surface area contributed by atoms with E-state index in [2.05, 4.69) is 15.9 Å². The first-order valence-corrected chi connectivity index (χ1v) is 4.75. The molecule has 0 aliphatic rings. The third-order valence-corrected chi connectivity index (χ3v) is 2.70. The number of halogens is 1. The molecule has 0 bridgehead atoms. The molecule has 0 aromatic carbocycles. The Kier molecular flexibility index (Phi) is 3.87. The van der Waals surface area contributed by atoms with E-state index in [4.69, 9.17) is 0 Å². The summed E-state index contributed by atoms with van der Waals surface area (Å²) in [6.07, 6.45) is 0.407. The number of alkyl halides is 1. The Morgan fingerprint density at radius 1 is 1.42 bits per heavy atom. The summed E-state index contributed by atoms with van der Waals surface area (Å²) < 4.78 is -1.55. The van der Waals surface area contributed by atoms with E-state index in [0.29, 0.717) is 0 Å². The van der Waals surface area contributed by atoms with Gasteiger partial charge in [0.2, 0.25) is 0 Å². The van der Waals surface area contributed by atoms with Crippen molar-refractivity contribution in [2.24, 2.45) is 0 Å². The van der Waals surface area contributed by atoms with Gasteiger partial charge in [-0.15, -0.1) is 0 Å². The molecule has 2 N–H and O–H groups in total. The Morgan fingerprint density at radius 3 is 1.92 bits per heavy atom. The average molecular weight is 239 g/mol. The van der Waals surface area contributed by atoms with Crippen LogP contribution in [0.15, 0.2) is 0 Å². The van der Waals surface area contributed by atoms with Crippen molar-refractivity contribution in [1.29, 1.82) is 0 Å². The van der Waals surface area contributed by atoms with Crippen LogP contribution in [-0.4, -0.2) is 26.1 Å². The number of Topliss-reactive ketones (excluding diaryl/α,β-unsaturated/α-hetero) is 1. The Morgan fingerprint density at radius 2 is 1.83 bits per heavy atom. The van der Waals surface area contributed by atoms with Crippen molar-refractivity contribution in [2.45, 2.75) is 43.7 Å². The number of carbonyl (C=O) groups is 1. The minimum absolute atomic E-state index is 0.192. The zero-order chi connectivity index (χ0) is 9.99. The second-order valence-electron chi connectivity index (χ2n) is 2.94. The monoisotopic (exact) mass is 238 g/mol. The summed E-state index contributed by atoms with van der Waals surface area (Å²) in [5.41, 5.74) is -1.68. The average Bonchev–Trinajstić information content (AvgIpc) is 1.99. The lowest BCUT2D eigenvalue weighted by Crippen LogP contribution is -2.53. The minimum Gasteiger partial charge on any atom is -0.378 e. The third kappa shape index (κ3) is 2.06. The lowest BCUT2D eigenvalue weighted by molar-refractivity contribution is -0.152. The lowest BCUT2D eigenvalue weighted by atomic mass is 9.88. The van der Waals surface area contributed by atoms with Gasteiger partial charge in [-0.25, -0.2) is 0 Å². The van der Waals surface area contributed by atoms with Crippen LogP contribution in [-0.2, 0) is 4.79 Å². The van der Waals surface area contributed by atoms with Crippen LogP contribution < -0.4 is 0 Å². The largest absolute Gasteiger partial charge is 0.378 e. The van der Waals surface area contributed by atoms with E-state index in [1.807, 2.05) is 0 Å². The van der Waals surface area contributed by atoms with E-state index >= 15 is 0 Å². The molecule has 0 aliphatic heterocycles. The number of rotatable bonds is 4. The Balaban J connectivity index is 4.80. The van der Waals surface area contributed by atoms with Gasteiger partial charge in [0.25, 0.3) is 0 Å². The molecule has 0 saturated carbocycles. The predicted molar refractivity (Wildman–Crippen MR) is 50.1 cm³/mol. The van der Waals surface area contributed by atoms with Gasteiger partial charge in [-0.05, 0) is 13.3 Å². The summed E-state index contributed by atoms with van der Waals surface area (Å²) in [7, 11) is 0. The summed E-state index contributed by atoms with van der Waals surface area (Å²) in [4.78, 5) is 11.3. The Hall–Kier alpha value is 0.0700. The first kappa shape index (κ1) is 12.1. The summed E-state index contributed by atoms with van der Waals surface area (Å²) in [6.45, 7) is 4.68. The molecule has 72 valence electrons. The van der Waals surface area contributed by atoms with Crippen molar-refractivity contribution >= 4 is 21.7 Å². The zero-order valence-corrected chi connectivity index (χ0v) is 9.18. The number of hydrogen-bond acceptors (Lipinski definition) is 3. The maximum absolute atomic E-state index is 11.3. The number of ketones is 1. The molecule has 0 saturated heterocycles. The highest BCUT2D eigenvalue weighted by molar-refractivity contribution is 9.10. The van der Waals surface area contributed by atoms with Gasteiger partial charge < -0.3 is 10.2 Å². The number of carbonyl (C=O) groups excluding carboxylic acids is 1. The molecule has 0 spiro atoms. The van der Waals surface area contributed by atoms with Crippen LogP contribution in [0.25, 0.3) is 0 Å². The Bertz CT molecular complexity index is 174. The molecule has 0 heterocycles. The fourth-order valence-electron chi connectivity index (χ4n) is 1.07. The summed E-state index contributed by atoms with van der Waals surface area (Å²) >= 11 is 2.89. The summed E-state index contributed by atoms with van der Waals surface area (Å²) in [5, 5.41) is 19.3. The van der Waals surface area contributed by atoms with Crippen LogP contribution in [0.4, 0.5) is 0 Å². The summed E-state index contributed by atoms with van der Waals surface area (Å²) in [5.74, 6) is -0.355. The molecule has 0 aliphatic carbocycles. The molecular weight excluding hydrogens is 224 g/mol. The van der Waals surface area contributed by atoms with Crippen LogP contribution in [0.5, 0.6) is 0 Å². The fraction of sp³-hybridized carbons (Fsp3) is 0.875. The molecule has 2 atom stereocenters. The van der Waals surface area contributed by atoms with Crippen LogP contribution >= 0.6 is 15.9 Å². The van der Waals surface area contributed by atoms with Crippen molar-refractivity contribution in [1.82, 2.24) is 0 Å². The number of aliphatic hydroxyl groups is 2. The van der Waals surface area contributed by atoms with Crippen molar-refractivity contribution in [3.05, 3.63) is 0 Å². The molecule has 0 aromatic rings. The molecule has 0 unspecified atom stereocenters. The SMILES string of the molecule is CCC(=O)[C@](O)(CC)[C@](C)(O)Br. The Labute approximate surface area is 80.9 Å². The van der Waals surface area contributed by atoms with Gasteiger partial charge in [-0.3, -0.25) is 4.79 Å². The highest BCUT2D eigenvalue weighted by Gasteiger charge is 2.47. The lowest BCUT2D eigenvalue weighted by Gasteiger charge is -2.34. The first-order chi connectivity index (χ1) is 5.29. The van der Waals surface area contributed by atoms with Gasteiger partial charge in [0, 0.05) is 6.42 Å². The minimum atomic E-state index is -1.68. The fourth-order valence-corrected chi connectivity index (χ4v) is 1.57. The van der Waals surface area contributed by atoms with E-state index in [1.165, 1.54) is 6.92 Å². The van der Waals surface area contributed by atoms with E-state index in [9.17, 15) is 15.0 Å². The maximum atomic E-state index is 11.3. The van der Waals surface area contributed by atoms with E-state index in [1.54, 1.807) is 13.8 Å². The molecule has 3 nitrogen and oxygen atoms in total. The van der Waals surface area contributed by atoms with Crippen molar-refractivity contribution in [2.75, 3.05) is 0 Å². The molecule has 0 fully saturated rings. The van der Waals surface area contributed by atoms with Crippen molar-refractivity contribution < 1.29 is 15.0 Å². The zero-order valence-electron chi connectivity index (χ0n) is 7.59. The van der Waals surface area contributed by atoms with Gasteiger partial charge in [-0.1, -0.05) is 29.8 Å². The molecule has 12 heavy (non-hydrogen) atoms. The standard InChI is InChI=1S/C8H15BrO3/c1-4-6(10)8(12,5-2)7(3,9)11/h11-12H,4-5H2,1-3H3/t7-,8+/m0/s1. The maximum Gasteiger partial charge on any atom is 0.167 e. The second-order valence-corrected chi connectivity index (χ2v) is 4.49. The van der Waals surface area contributed by atoms with Gasteiger partial charge >= 0.3 is 0 Å². The van der Waals surface area contributed by atoms with Crippen molar-refractivity contribution in [3.63, 3.8) is 0 Å². The van der Waals surface area contributed by atoms with E-state index < -0.39 is 10.1 Å². The highest BCUT2D eigenvalue weighted by atomic mass is 79.9.